The van der Waals surface area contributed by atoms with Crippen LogP contribution in [0, 0.1) is 0 Å². The number of hydrogen-bond donors (Lipinski definition) is 0. The van der Waals surface area contributed by atoms with E-state index in [1.165, 1.54) is 22.3 Å². The second kappa shape index (κ2) is 12.2. The summed E-state index contributed by atoms with van der Waals surface area (Å²) in [6, 6.07) is 37.5. The van der Waals surface area contributed by atoms with Crippen molar-refractivity contribution in [1.29, 1.82) is 0 Å². The largest absolute Gasteiger partial charge is 0.482 e. The molecule has 0 N–H and O–H groups in total. The summed E-state index contributed by atoms with van der Waals surface area (Å²) in [5, 5.41) is 3.86. The summed E-state index contributed by atoms with van der Waals surface area (Å²) in [7, 11) is 0. The molecule has 6 aromatic rings. The fourth-order valence-electron chi connectivity index (χ4n) is 7.55. The van der Waals surface area contributed by atoms with Crippen molar-refractivity contribution in [2.45, 2.75) is 58.2 Å². The molecule has 2 aliphatic rings. The third-order valence-corrected chi connectivity index (χ3v) is 9.35. The normalized spacial score (nSPS) is 13.8. The predicted molar refractivity (Wildman–Crippen MR) is 202 cm³/mol. The molecule has 0 saturated heterocycles. The second-order valence-corrected chi connectivity index (χ2v) is 15.4. The lowest BCUT2D eigenvalue weighted by Crippen LogP contribution is -2.32. The first-order chi connectivity index (χ1) is 24.8. The Morgan fingerprint density at radius 3 is 1.37 bits per heavy atom. The van der Waals surface area contributed by atoms with Crippen molar-refractivity contribution in [3.63, 3.8) is 0 Å². The lowest BCUT2D eigenvalue weighted by Gasteiger charge is -2.40. The summed E-state index contributed by atoms with van der Waals surface area (Å²) in [4.78, 5) is 24.8. The molecule has 0 aromatic heterocycles. The summed E-state index contributed by atoms with van der Waals surface area (Å²) < 4.78 is 29.5. The Hall–Kier alpha value is -5.82. The summed E-state index contributed by atoms with van der Waals surface area (Å²) in [6.45, 7) is 10.6. The minimum Gasteiger partial charge on any atom is -0.482 e. The van der Waals surface area contributed by atoms with Gasteiger partial charge in [-0.15, -0.1) is 0 Å². The van der Waals surface area contributed by atoms with Crippen molar-refractivity contribution < 1.29 is 33.3 Å². The molecule has 1 spiro atoms. The van der Waals surface area contributed by atoms with Crippen LogP contribution in [0.1, 0.15) is 63.8 Å². The molecule has 8 rings (SSSR count). The Labute approximate surface area is 303 Å². The van der Waals surface area contributed by atoms with Crippen LogP contribution in [-0.2, 0) is 24.5 Å². The van der Waals surface area contributed by atoms with Crippen LogP contribution in [0.5, 0.6) is 23.0 Å². The van der Waals surface area contributed by atoms with Gasteiger partial charge in [-0.25, -0.2) is 9.59 Å². The van der Waals surface area contributed by atoms with Crippen LogP contribution in [0.15, 0.2) is 109 Å². The van der Waals surface area contributed by atoms with Crippen LogP contribution in [0.2, 0.25) is 0 Å². The van der Waals surface area contributed by atoms with Crippen LogP contribution in [-0.4, -0.2) is 36.4 Å². The smallest absolute Gasteiger partial charge is 0.344 e. The van der Waals surface area contributed by atoms with E-state index in [0.29, 0.717) is 11.5 Å². The van der Waals surface area contributed by atoms with Crippen LogP contribution in [0.3, 0.4) is 0 Å². The number of fused-ring (bicyclic) bond motifs is 11. The lowest BCUT2D eigenvalue weighted by molar-refractivity contribution is -0.158. The number of rotatable bonds is 6. The molecule has 1 aliphatic heterocycles. The fourth-order valence-corrected chi connectivity index (χ4v) is 7.55. The highest BCUT2D eigenvalue weighted by Crippen LogP contribution is 2.63. The average Bonchev–Trinajstić information content (AvgIpc) is 3.38. The molecule has 0 bridgehead atoms. The van der Waals surface area contributed by atoms with Crippen molar-refractivity contribution in [3.8, 4) is 34.1 Å². The molecule has 1 aliphatic carbocycles. The molecule has 7 nitrogen and oxygen atoms in total. The van der Waals surface area contributed by atoms with Gasteiger partial charge in [-0.2, -0.15) is 0 Å². The van der Waals surface area contributed by atoms with Crippen molar-refractivity contribution in [1.82, 2.24) is 0 Å². The molecule has 0 saturated carbocycles. The summed E-state index contributed by atoms with van der Waals surface area (Å²) >= 11 is 0. The number of carbonyl (C=O) groups excluding carboxylic acids is 2. The van der Waals surface area contributed by atoms with Crippen molar-refractivity contribution in [2.75, 3.05) is 13.2 Å². The predicted octanol–water partition coefficient (Wildman–Crippen LogP) is 9.90. The Bertz CT molecular complexity index is 2240. The molecular weight excluding hydrogens is 652 g/mol. The van der Waals surface area contributed by atoms with E-state index in [4.69, 9.17) is 23.7 Å². The number of hydrogen-bond acceptors (Lipinski definition) is 7. The standard InChI is InChI=1S/C45H40O7/c1-43(2,3)51-41(46)25-48-31-17-15-27-21-37-39(23-29(27)19-31)50-40-24-30-20-32(49-26-42(47)52-44(4,5)6)18-16-28(30)22-38(40)45(37)35-13-9-7-11-33(35)34-12-8-10-14-36(34)45/h7-24H,25-26H2,1-6H3. The molecular formula is C45H40O7. The van der Waals surface area contributed by atoms with Crippen LogP contribution in [0.25, 0.3) is 32.7 Å². The van der Waals surface area contributed by atoms with Crippen molar-refractivity contribution >= 4 is 33.5 Å². The Kier molecular flexibility index (Phi) is 7.79. The van der Waals surface area contributed by atoms with E-state index >= 15 is 0 Å². The van der Waals surface area contributed by atoms with Crippen LogP contribution in [0.4, 0.5) is 0 Å². The van der Waals surface area contributed by atoms with E-state index in [-0.39, 0.29) is 13.2 Å². The highest BCUT2D eigenvalue weighted by Gasteiger charge is 2.51. The van der Waals surface area contributed by atoms with Crippen LogP contribution < -0.4 is 14.2 Å². The maximum atomic E-state index is 12.4. The van der Waals surface area contributed by atoms with Gasteiger partial charge in [0.05, 0.1) is 5.41 Å². The Morgan fingerprint density at radius 2 is 0.942 bits per heavy atom. The van der Waals surface area contributed by atoms with Crippen LogP contribution >= 0.6 is 0 Å². The molecule has 1 heterocycles. The van der Waals surface area contributed by atoms with E-state index in [1.54, 1.807) is 0 Å². The maximum Gasteiger partial charge on any atom is 0.344 e. The third kappa shape index (κ3) is 5.90. The molecule has 7 heteroatoms. The molecule has 0 unspecified atom stereocenters. The SMILES string of the molecule is CC(C)(C)OC(=O)COc1ccc2cc3c(cc2c1)Oc1cc2cc(OCC(=O)OC(C)(C)C)ccc2cc1C31c2ccccc2-c2ccccc21. The summed E-state index contributed by atoms with van der Waals surface area (Å²) in [5.41, 5.74) is 5.01. The molecule has 0 fully saturated rings. The van der Waals surface area contributed by atoms with E-state index in [2.05, 4.69) is 72.8 Å². The van der Waals surface area contributed by atoms with Gasteiger partial charge in [0.1, 0.15) is 34.2 Å². The van der Waals surface area contributed by atoms with E-state index in [1.807, 2.05) is 77.9 Å². The molecule has 6 aromatic carbocycles. The zero-order chi connectivity index (χ0) is 36.4. The highest BCUT2D eigenvalue weighted by atomic mass is 16.6. The first-order valence-corrected chi connectivity index (χ1v) is 17.5. The number of carbonyl (C=O) groups is 2. The highest BCUT2D eigenvalue weighted by molar-refractivity contribution is 5.96. The van der Waals surface area contributed by atoms with E-state index in [0.717, 1.165) is 44.2 Å². The van der Waals surface area contributed by atoms with E-state index in [9.17, 15) is 9.59 Å². The van der Waals surface area contributed by atoms with Gasteiger partial charge in [-0.1, -0.05) is 60.7 Å². The number of benzene rings is 6. The maximum absolute atomic E-state index is 12.4. The number of esters is 2. The minimum atomic E-state index is -0.656. The fraction of sp³-hybridized carbons (Fsp3) is 0.244. The molecule has 0 atom stereocenters. The monoisotopic (exact) mass is 692 g/mol. The first kappa shape index (κ1) is 33.3. The molecule has 0 amide bonds. The summed E-state index contributed by atoms with van der Waals surface area (Å²) in [5.74, 6) is 1.73. The quantitative estimate of drug-likeness (QED) is 0.161. The molecule has 0 radical (unpaired) electrons. The minimum absolute atomic E-state index is 0.190. The van der Waals surface area contributed by atoms with Gasteiger partial charge in [-0.3, -0.25) is 0 Å². The molecule has 52 heavy (non-hydrogen) atoms. The van der Waals surface area contributed by atoms with E-state index < -0.39 is 28.6 Å². The van der Waals surface area contributed by atoms with Gasteiger partial charge in [0, 0.05) is 11.1 Å². The van der Waals surface area contributed by atoms with Gasteiger partial charge in [0.15, 0.2) is 13.2 Å². The lowest BCUT2D eigenvalue weighted by atomic mass is 9.65. The second-order valence-electron chi connectivity index (χ2n) is 15.4. The number of ether oxygens (including phenoxy) is 5. The van der Waals surface area contributed by atoms with Gasteiger partial charge in [-0.05, 0) is 134 Å². The van der Waals surface area contributed by atoms with Gasteiger partial charge in [0.25, 0.3) is 0 Å². The average molecular weight is 693 g/mol. The topological polar surface area (TPSA) is 80.3 Å². The first-order valence-electron chi connectivity index (χ1n) is 17.5. The zero-order valence-electron chi connectivity index (χ0n) is 30.2. The van der Waals surface area contributed by atoms with Gasteiger partial charge < -0.3 is 23.7 Å². The molecule has 262 valence electrons. The zero-order valence-corrected chi connectivity index (χ0v) is 30.2. The van der Waals surface area contributed by atoms with Gasteiger partial charge in [0.2, 0.25) is 0 Å². The van der Waals surface area contributed by atoms with Crippen molar-refractivity contribution in [2.24, 2.45) is 0 Å². The Balaban J connectivity index is 1.25. The Morgan fingerprint density at radius 1 is 0.519 bits per heavy atom. The third-order valence-electron chi connectivity index (χ3n) is 9.35. The van der Waals surface area contributed by atoms with Crippen molar-refractivity contribution in [3.05, 3.63) is 131 Å². The summed E-state index contributed by atoms with van der Waals surface area (Å²) in [6.07, 6.45) is 0. The van der Waals surface area contributed by atoms with Gasteiger partial charge >= 0.3 is 11.9 Å².